The minimum Gasteiger partial charge on any atom is -0.484 e. The van der Waals surface area contributed by atoms with Crippen molar-refractivity contribution < 1.29 is 4.74 Å². The highest BCUT2D eigenvalue weighted by molar-refractivity contribution is 6.32. The van der Waals surface area contributed by atoms with E-state index in [2.05, 4.69) is 40.1 Å². The number of para-hydroxylation sites is 1. The zero-order valence-electron chi connectivity index (χ0n) is 14.6. The number of fused-ring (bicyclic) bond motifs is 1. The molecule has 0 amide bonds. The molecule has 1 aliphatic heterocycles. The van der Waals surface area contributed by atoms with E-state index in [9.17, 15) is 0 Å². The van der Waals surface area contributed by atoms with Crippen molar-refractivity contribution in [2.45, 2.75) is 19.1 Å². The van der Waals surface area contributed by atoms with Gasteiger partial charge in [0.15, 0.2) is 5.82 Å². The standard InChI is InChI=1S/C21H20ClN3O/c1-25-12-9-19(26-20-6-3-2-5-18(20)22)17-8-7-15(13-16(17)14-25)21-23-10-4-11-24-21/h2-8,10-11,13,19H,9,12,14H2,1H3. The van der Waals surface area contributed by atoms with Gasteiger partial charge in [0.05, 0.1) is 5.02 Å². The number of hydrogen-bond donors (Lipinski definition) is 0. The maximum atomic E-state index is 6.30. The average molecular weight is 366 g/mol. The lowest BCUT2D eigenvalue weighted by Crippen LogP contribution is -2.18. The van der Waals surface area contributed by atoms with Crippen molar-refractivity contribution in [3.63, 3.8) is 0 Å². The molecular formula is C21H20ClN3O. The molecule has 4 rings (SSSR count). The lowest BCUT2D eigenvalue weighted by Gasteiger charge is -2.20. The first-order chi connectivity index (χ1) is 12.7. The summed E-state index contributed by atoms with van der Waals surface area (Å²) in [5.74, 6) is 1.47. The smallest absolute Gasteiger partial charge is 0.159 e. The molecule has 26 heavy (non-hydrogen) atoms. The molecule has 5 heteroatoms. The van der Waals surface area contributed by atoms with Gasteiger partial charge in [0.2, 0.25) is 0 Å². The number of hydrogen-bond acceptors (Lipinski definition) is 4. The Morgan fingerprint density at radius 3 is 2.69 bits per heavy atom. The summed E-state index contributed by atoms with van der Waals surface area (Å²) in [4.78, 5) is 11.0. The summed E-state index contributed by atoms with van der Waals surface area (Å²) in [6.07, 6.45) is 4.42. The first-order valence-electron chi connectivity index (χ1n) is 8.70. The molecule has 0 N–H and O–H groups in total. The molecular weight excluding hydrogens is 346 g/mol. The average Bonchev–Trinajstić information content (AvgIpc) is 2.82. The van der Waals surface area contributed by atoms with Crippen LogP contribution in [-0.4, -0.2) is 28.5 Å². The van der Waals surface area contributed by atoms with Gasteiger partial charge < -0.3 is 9.64 Å². The fourth-order valence-electron chi connectivity index (χ4n) is 3.32. The zero-order valence-corrected chi connectivity index (χ0v) is 15.4. The third kappa shape index (κ3) is 3.57. The SMILES string of the molecule is CN1CCC(Oc2ccccc2Cl)c2ccc(-c3ncccn3)cc2C1. The molecule has 3 aromatic rings. The van der Waals surface area contributed by atoms with Crippen LogP contribution in [0, 0.1) is 0 Å². The highest BCUT2D eigenvalue weighted by Gasteiger charge is 2.23. The summed E-state index contributed by atoms with van der Waals surface area (Å²) < 4.78 is 6.30. The van der Waals surface area contributed by atoms with Gasteiger partial charge in [-0.2, -0.15) is 0 Å². The fourth-order valence-corrected chi connectivity index (χ4v) is 3.50. The molecule has 0 saturated carbocycles. The Hall–Kier alpha value is -2.43. The molecule has 2 heterocycles. The lowest BCUT2D eigenvalue weighted by atomic mass is 9.98. The predicted molar refractivity (Wildman–Crippen MR) is 103 cm³/mol. The van der Waals surface area contributed by atoms with E-state index < -0.39 is 0 Å². The Labute approximate surface area is 158 Å². The first-order valence-corrected chi connectivity index (χ1v) is 9.08. The van der Waals surface area contributed by atoms with Crippen LogP contribution in [0.2, 0.25) is 5.02 Å². The molecule has 1 unspecified atom stereocenters. The predicted octanol–water partition coefficient (Wildman–Crippen LogP) is 4.75. The van der Waals surface area contributed by atoms with Crippen LogP contribution in [0.4, 0.5) is 0 Å². The summed E-state index contributed by atoms with van der Waals surface area (Å²) in [6.45, 7) is 1.83. The summed E-state index contributed by atoms with van der Waals surface area (Å²) in [7, 11) is 2.13. The van der Waals surface area contributed by atoms with E-state index in [0.29, 0.717) is 5.02 Å². The Kier molecular flexibility index (Phi) is 4.87. The quantitative estimate of drug-likeness (QED) is 0.671. The molecule has 1 atom stereocenters. The van der Waals surface area contributed by atoms with Crippen LogP contribution in [0.15, 0.2) is 60.9 Å². The minimum absolute atomic E-state index is 0.0272. The minimum atomic E-state index is -0.0272. The molecule has 1 aromatic heterocycles. The number of aromatic nitrogens is 2. The molecule has 132 valence electrons. The summed E-state index contributed by atoms with van der Waals surface area (Å²) >= 11 is 6.29. The lowest BCUT2D eigenvalue weighted by molar-refractivity contribution is 0.183. The van der Waals surface area contributed by atoms with E-state index in [1.807, 2.05) is 30.3 Å². The normalized spacial score (nSPS) is 17.4. The molecule has 0 spiro atoms. The van der Waals surface area contributed by atoms with E-state index in [0.717, 1.165) is 36.6 Å². The van der Waals surface area contributed by atoms with E-state index in [1.54, 1.807) is 12.4 Å². The summed E-state index contributed by atoms with van der Waals surface area (Å²) in [5, 5.41) is 0.640. The first kappa shape index (κ1) is 17.0. The Morgan fingerprint density at radius 2 is 1.88 bits per heavy atom. The molecule has 0 bridgehead atoms. The highest BCUT2D eigenvalue weighted by atomic mass is 35.5. The maximum Gasteiger partial charge on any atom is 0.159 e. The zero-order chi connectivity index (χ0) is 17.9. The van der Waals surface area contributed by atoms with Crippen molar-refractivity contribution in [1.29, 1.82) is 0 Å². The second-order valence-electron chi connectivity index (χ2n) is 6.55. The molecule has 0 aliphatic carbocycles. The van der Waals surface area contributed by atoms with Crippen LogP contribution in [0.5, 0.6) is 5.75 Å². The molecule has 1 aliphatic rings. The molecule has 0 radical (unpaired) electrons. The van der Waals surface area contributed by atoms with Crippen molar-refractivity contribution in [3.8, 4) is 17.1 Å². The Balaban J connectivity index is 1.70. The van der Waals surface area contributed by atoms with Crippen LogP contribution in [0.3, 0.4) is 0 Å². The van der Waals surface area contributed by atoms with E-state index in [4.69, 9.17) is 16.3 Å². The summed E-state index contributed by atoms with van der Waals surface area (Å²) in [5.41, 5.74) is 3.47. The number of nitrogens with zero attached hydrogens (tertiary/aromatic N) is 3. The monoisotopic (exact) mass is 365 g/mol. The van der Waals surface area contributed by atoms with Crippen LogP contribution in [0.25, 0.3) is 11.4 Å². The van der Waals surface area contributed by atoms with Gasteiger partial charge in [-0.3, -0.25) is 0 Å². The topological polar surface area (TPSA) is 38.2 Å². The van der Waals surface area contributed by atoms with E-state index in [-0.39, 0.29) is 6.10 Å². The van der Waals surface area contributed by atoms with Crippen molar-refractivity contribution in [3.05, 3.63) is 77.1 Å². The Morgan fingerprint density at radius 1 is 1.08 bits per heavy atom. The van der Waals surface area contributed by atoms with Crippen LogP contribution < -0.4 is 4.74 Å². The van der Waals surface area contributed by atoms with Gasteiger partial charge in [-0.25, -0.2) is 9.97 Å². The number of ether oxygens (including phenoxy) is 1. The van der Waals surface area contributed by atoms with E-state index in [1.165, 1.54) is 11.1 Å². The van der Waals surface area contributed by atoms with Crippen molar-refractivity contribution >= 4 is 11.6 Å². The number of halogens is 1. The third-order valence-corrected chi connectivity index (χ3v) is 4.95. The van der Waals surface area contributed by atoms with Gasteiger partial charge in [-0.1, -0.05) is 35.9 Å². The highest BCUT2D eigenvalue weighted by Crippen LogP contribution is 2.35. The van der Waals surface area contributed by atoms with Gasteiger partial charge in [-0.15, -0.1) is 0 Å². The second kappa shape index (κ2) is 7.44. The third-order valence-electron chi connectivity index (χ3n) is 4.63. The Bertz CT molecular complexity index is 901. The fraction of sp³-hybridized carbons (Fsp3) is 0.238. The van der Waals surface area contributed by atoms with Crippen molar-refractivity contribution in [2.75, 3.05) is 13.6 Å². The van der Waals surface area contributed by atoms with Crippen molar-refractivity contribution in [1.82, 2.24) is 14.9 Å². The van der Waals surface area contributed by atoms with Crippen LogP contribution in [0.1, 0.15) is 23.7 Å². The van der Waals surface area contributed by atoms with Gasteiger partial charge >= 0.3 is 0 Å². The van der Waals surface area contributed by atoms with Crippen molar-refractivity contribution in [2.24, 2.45) is 0 Å². The van der Waals surface area contributed by atoms with Gasteiger partial charge in [-0.05, 0) is 42.4 Å². The maximum absolute atomic E-state index is 6.30. The molecule has 0 fully saturated rings. The van der Waals surface area contributed by atoms with Gasteiger partial charge in [0.1, 0.15) is 11.9 Å². The number of rotatable bonds is 3. The molecule has 4 nitrogen and oxygen atoms in total. The van der Waals surface area contributed by atoms with Crippen LogP contribution >= 0.6 is 11.6 Å². The second-order valence-corrected chi connectivity index (χ2v) is 6.96. The van der Waals surface area contributed by atoms with E-state index >= 15 is 0 Å². The van der Waals surface area contributed by atoms with Crippen LogP contribution in [-0.2, 0) is 6.54 Å². The molecule has 0 saturated heterocycles. The number of benzene rings is 2. The van der Waals surface area contributed by atoms with Gasteiger partial charge in [0, 0.05) is 37.5 Å². The van der Waals surface area contributed by atoms with Gasteiger partial charge in [0.25, 0.3) is 0 Å². The molecule has 2 aromatic carbocycles. The summed E-state index contributed by atoms with van der Waals surface area (Å²) in [6, 6.07) is 15.9. The largest absolute Gasteiger partial charge is 0.484 e.